The first-order chi connectivity index (χ1) is 7.92. The van der Waals surface area contributed by atoms with Crippen LogP contribution in [0.4, 0.5) is 0 Å². The zero-order valence-corrected chi connectivity index (χ0v) is 8.74. The minimum atomic E-state index is 0.0230. The van der Waals surface area contributed by atoms with Crippen LogP contribution in [-0.2, 0) is 6.54 Å². The molecule has 4 nitrogen and oxygen atoms in total. The number of para-hydroxylation sites is 2. The predicted molar refractivity (Wildman–Crippen MR) is 58.6 cm³/mol. The lowest BCUT2D eigenvalue weighted by molar-refractivity contribution is 0.0759. The minimum absolute atomic E-state index is 0.0230. The van der Waals surface area contributed by atoms with E-state index >= 15 is 0 Å². The van der Waals surface area contributed by atoms with Crippen LogP contribution in [0.15, 0.2) is 42.7 Å². The van der Waals surface area contributed by atoms with Crippen LogP contribution >= 0.6 is 0 Å². The Kier molecular flexibility index (Phi) is 2.25. The van der Waals surface area contributed by atoms with E-state index in [1.165, 1.54) is 0 Å². The van der Waals surface area contributed by atoms with Crippen LogP contribution < -0.4 is 9.47 Å². The average Bonchev–Trinajstić information content (AvgIpc) is 2.82. The van der Waals surface area contributed by atoms with Crippen molar-refractivity contribution in [1.82, 2.24) is 9.78 Å². The lowest BCUT2D eigenvalue weighted by atomic mass is 10.2. The van der Waals surface area contributed by atoms with Gasteiger partial charge in [0, 0.05) is 12.4 Å². The first kappa shape index (κ1) is 9.27. The van der Waals surface area contributed by atoms with Crippen molar-refractivity contribution < 1.29 is 9.47 Å². The zero-order valence-electron chi connectivity index (χ0n) is 8.74. The second kappa shape index (κ2) is 3.89. The number of hydrogen-bond acceptors (Lipinski definition) is 3. The molecule has 3 rings (SSSR count). The summed E-state index contributed by atoms with van der Waals surface area (Å²) in [6, 6.07) is 9.62. The average molecular weight is 216 g/mol. The van der Waals surface area contributed by atoms with Crippen molar-refractivity contribution in [2.75, 3.05) is 6.61 Å². The van der Waals surface area contributed by atoms with Gasteiger partial charge in [0.05, 0.1) is 6.54 Å². The van der Waals surface area contributed by atoms with Crippen LogP contribution in [0.25, 0.3) is 0 Å². The van der Waals surface area contributed by atoms with E-state index in [9.17, 15) is 0 Å². The molecule has 82 valence electrons. The molecule has 1 aliphatic rings. The molecule has 1 aliphatic heterocycles. The second-order valence-corrected chi connectivity index (χ2v) is 3.73. The van der Waals surface area contributed by atoms with E-state index in [1.807, 2.05) is 41.2 Å². The maximum absolute atomic E-state index is 5.82. The molecule has 0 saturated carbocycles. The normalized spacial score (nSPS) is 18.4. The van der Waals surface area contributed by atoms with E-state index in [0.29, 0.717) is 13.2 Å². The SMILES string of the molecule is c1ccc2c(c1)OC[C@H](Cn1cccn1)O2. The lowest BCUT2D eigenvalue weighted by Gasteiger charge is -2.26. The standard InChI is InChI=1S/C12H12N2O2/c1-2-5-12-11(4-1)15-9-10(16-12)8-14-7-3-6-13-14/h1-7,10H,8-9H2/t10-/m0/s1. The van der Waals surface area contributed by atoms with Crippen molar-refractivity contribution in [2.24, 2.45) is 0 Å². The van der Waals surface area contributed by atoms with Crippen molar-refractivity contribution >= 4 is 0 Å². The number of benzene rings is 1. The summed E-state index contributed by atoms with van der Waals surface area (Å²) < 4.78 is 13.3. The van der Waals surface area contributed by atoms with E-state index in [-0.39, 0.29) is 6.10 Å². The maximum atomic E-state index is 5.82. The predicted octanol–water partition coefficient (Wildman–Crippen LogP) is 1.72. The molecule has 0 bridgehead atoms. The van der Waals surface area contributed by atoms with Gasteiger partial charge in [0.2, 0.25) is 0 Å². The molecular weight excluding hydrogens is 204 g/mol. The van der Waals surface area contributed by atoms with Gasteiger partial charge in [0.25, 0.3) is 0 Å². The van der Waals surface area contributed by atoms with Gasteiger partial charge < -0.3 is 9.47 Å². The molecule has 0 saturated heterocycles. The number of fused-ring (bicyclic) bond motifs is 1. The lowest BCUT2D eigenvalue weighted by Crippen LogP contribution is -2.33. The molecule has 4 heteroatoms. The maximum Gasteiger partial charge on any atom is 0.161 e. The molecule has 2 heterocycles. The third-order valence-electron chi connectivity index (χ3n) is 2.52. The summed E-state index contributed by atoms with van der Waals surface area (Å²) in [5, 5.41) is 4.15. The van der Waals surface area contributed by atoms with Crippen LogP contribution in [-0.4, -0.2) is 22.5 Å². The summed E-state index contributed by atoms with van der Waals surface area (Å²) in [5.74, 6) is 1.63. The van der Waals surface area contributed by atoms with Gasteiger partial charge >= 0.3 is 0 Å². The van der Waals surface area contributed by atoms with Crippen molar-refractivity contribution in [2.45, 2.75) is 12.6 Å². The monoisotopic (exact) mass is 216 g/mol. The van der Waals surface area contributed by atoms with Gasteiger partial charge in [0.1, 0.15) is 6.61 Å². The Morgan fingerprint density at radius 1 is 1.25 bits per heavy atom. The van der Waals surface area contributed by atoms with Crippen molar-refractivity contribution in [3.05, 3.63) is 42.7 Å². The Hall–Kier alpha value is -1.97. The molecule has 0 radical (unpaired) electrons. The number of hydrogen-bond donors (Lipinski definition) is 0. The summed E-state index contributed by atoms with van der Waals surface area (Å²) in [4.78, 5) is 0. The van der Waals surface area contributed by atoms with Crippen LogP contribution in [0, 0.1) is 0 Å². The van der Waals surface area contributed by atoms with E-state index in [4.69, 9.17) is 9.47 Å². The molecule has 0 unspecified atom stereocenters. The molecule has 0 amide bonds. The number of nitrogens with zero attached hydrogens (tertiary/aromatic N) is 2. The van der Waals surface area contributed by atoms with E-state index in [2.05, 4.69) is 5.10 Å². The molecule has 0 aliphatic carbocycles. The summed E-state index contributed by atoms with van der Waals surface area (Å²) >= 11 is 0. The highest BCUT2D eigenvalue weighted by Gasteiger charge is 2.20. The Bertz CT molecular complexity index is 468. The molecule has 0 spiro atoms. The second-order valence-electron chi connectivity index (χ2n) is 3.73. The Morgan fingerprint density at radius 2 is 2.12 bits per heavy atom. The number of ether oxygens (including phenoxy) is 2. The molecule has 0 N–H and O–H groups in total. The number of aromatic nitrogens is 2. The summed E-state index contributed by atoms with van der Waals surface area (Å²) in [7, 11) is 0. The fourth-order valence-electron chi connectivity index (χ4n) is 1.77. The Labute approximate surface area is 93.4 Å². The molecule has 1 aromatic carbocycles. The first-order valence-electron chi connectivity index (χ1n) is 5.28. The van der Waals surface area contributed by atoms with Crippen molar-refractivity contribution in [1.29, 1.82) is 0 Å². The summed E-state index contributed by atoms with van der Waals surface area (Å²) in [5.41, 5.74) is 0. The minimum Gasteiger partial charge on any atom is -0.486 e. The summed E-state index contributed by atoms with van der Waals surface area (Å²) in [6.07, 6.45) is 3.71. The molecule has 0 fully saturated rings. The molecule has 1 aromatic heterocycles. The summed E-state index contributed by atoms with van der Waals surface area (Å²) in [6.45, 7) is 1.28. The van der Waals surface area contributed by atoms with Crippen molar-refractivity contribution in [3.63, 3.8) is 0 Å². The Balaban J connectivity index is 1.73. The highest BCUT2D eigenvalue weighted by molar-refractivity contribution is 5.40. The fourth-order valence-corrected chi connectivity index (χ4v) is 1.77. The van der Waals surface area contributed by atoms with Crippen LogP contribution in [0.2, 0.25) is 0 Å². The third-order valence-corrected chi connectivity index (χ3v) is 2.52. The van der Waals surface area contributed by atoms with Crippen LogP contribution in [0.3, 0.4) is 0 Å². The van der Waals surface area contributed by atoms with Gasteiger partial charge in [-0.25, -0.2) is 0 Å². The van der Waals surface area contributed by atoms with Crippen molar-refractivity contribution in [3.8, 4) is 11.5 Å². The Morgan fingerprint density at radius 3 is 2.94 bits per heavy atom. The third kappa shape index (κ3) is 1.74. The van der Waals surface area contributed by atoms with E-state index < -0.39 is 0 Å². The largest absolute Gasteiger partial charge is 0.486 e. The van der Waals surface area contributed by atoms with Gasteiger partial charge in [-0.2, -0.15) is 5.10 Å². The molecule has 1 atom stereocenters. The van der Waals surface area contributed by atoms with Gasteiger partial charge in [-0.3, -0.25) is 4.68 Å². The molecule has 2 aromatic rings. The van der Waals surface area contributed by atoms with E-state index in [1.54, 1.807) is 6.20 Å². The highest BCUT2D eigenvalue weighted by Crippen LogP contribution is 2.31. The van der Waals surface area contributed by atoms with Gasteiger partial charge in [-0.1, -0.05) is 12.1 Å². The van der Waals surface area contributed by atoms with Gasteiger partial charge in [0.15, 0.2) is 17.6 Å². The van der Waals surface area contributed by atoms with Crippen LogP contribution in [0.5, 0.6) is 11.5 Å². The molecule has 16 heavy (non-hydrogen) atoms. The van der Waals surface area contributed by atoms with E-state index in [0.717, 1.165) is 11.5 Å². The zero-order chi connectivity index (χ0) is 10.8. The topological polar surface area (TPSA) is 36.3 Å². The smallest absolute Gasteiger partial charge is 0.161 e. The van der Waals surface area contributed by atoms with Gasteiger partial charge in [-0.05, 0) is 18.2 Å². The van der Waals surface area contributed by atoms with Crippen LogP contribution in [0.1, 0.15) is 0 Å². The van der Waals surface area contributed by atoms with Gasteiger partial charge in [-0.15, -0.1) is 0 Å². The molecular formula is C12H12N2O2. The quantitative estimate of drug-likeness (QED) is 0.767. The first-order valence-corrected chi connectivity index (χ1v) is 5.28. The number of rotatable bonds is 2. The fraction of sp³-hybridized carbons (Fsp3) is 0.250. The highest BCUT2D eigenvalue weighted by atomic mass is 16.6.